The Bertz CT molecular complexity index is 899. The van der Waals surface area contributed by atoms with E-state index >= 15 is 0 Å². The van der Waals surface area contributed by atoms with Gasteiger partial charge in [-0.15, -0.1) is 0 Å². The van der Waals surface area contributed by atoms with E-state index in [4.69, 9.17) is 9.47 Å². The van der Waals surface area contributed by atoms with Gasteiger partial charge in [-0.25, -0.2) is 4.39 Å². The summed E-state index contributed by atoms with van der Waals surface area (Å²) < 4.78 is 25.2. The number of hydrogen-bond donors (Lipinski definition) is 0. The van der Waals surface area contributed by atoms with Gasteiger partial charge in [-0.05, 0) is 75.0 Å². The van der Waals surface area contributed by atoms with Gasteiger partial charge in [-0.2, -0.15) is 0 Å². The number of nitrogens with zero attached hydrogens (tertiary/aromatic N) is 2. The van der Waals surface area contributed by atoms with Crippen molar-refractivity contribution in [3.8, 4) is 11.1 Å². The van der Waals surface area contributed by atoms with Crippen LogP contribution in [0.1, 0.15) is 25.0 Å². The minimum absolute atomic E-state index is 0.233. The molecule has 0 aliphatic heterocycles. The van der Waals surface area contributed by atoms with Crippen LogP contribution < -0.4 is 0 Å². The maximum absolute atomic E-state index is 13.5. The predicted molar refractivity (Wildman–Crippen MR) is 122 cm³/mol. The largest absolute Gasteiger partial charge is 0.381 e. The Hall–Kier alpha value is -2.08. The lowest BCUT2D eigenvalue weighted by Crippen LogP contribution is -2.47. The highest BCUT2D eigenvalue weighted by Crippen LogP contribution is 2.49. The van der Waals surface area contributed by atoms with E-state index in [9.17, 15) is 4.39 Å². The zero-order chi connectivity index (χ0) is 22.0. The predicted octanol–water partition coefficient (Wildman–Crippen LogP) is 4.91. The highest BCUT2D eigenvalue weighted by atomic mass is 19.1. The number of ether oxygens (including phenoxy) is 2. The molecule has 1 heterocycles. The van der Waals surface area contributed by atoms with Crippen molar-refractivity contribution in [3.05, 3.63) is 60.2 Å². The summed E-state index contributed by atoms with van der Waals surface area (Å²) in [6, 6.07) is 11.0. The molecular formula is C26H33FN2O2. The fourth-order valence-corrected chi connectivity index (χ4v) is 5.60. The molecule has 0 radical (unpaired) electrons. The zero-order valence-electron chi connectivity index (χ0n) is 18.9. The standard InChI is InChI=1S/C26H33FN2O2/c1-29(2)24-15-23-19(14-26(24)31-4)13-25(30-3)22(23)11-10-21-9-8-18(16-28-21)17-6-5-7-20(27)12-17/h5-12,16,19,22-26H,13-15H2,1-4H3/t19-,22+,23-,24+,25+,26+/m1/s1. The van der Waals surface area contributed by atoms with Crippen molar-refractivity contribution in [2.45, 2.75) is 37.5 Å². The first-order valence-electron chi connectivity index (χ1n) is 11.1. The van der Waals surface area contributed by atoms with Gasteiger partial charge in [0.05, 0.1) is 17.9 Å². The van der Waals surface area contributed by atoms with Crippen LogP contribution in [0, 0.1) is 23.6 Å². The van der Waals surface area contributed by atoms with Gasteiger partial charge in [-0.3, -0.25) is 4.98 Å². The summed E-state index contributed by atoms with van der Waals surface area (Å²) in [5.74, 6) is 1.36. The molecule has 0 saturated heterocycles. The number of benzene rings is 1. The molecule has 2 aliphatic carbocycles. The third-order valence-electron chi connectivity index (χ3n) is 7.24. The van der Waals surface area contributed by atoms with E-state index in [2.05, 4.69) is 36.1 Å². The Labute approximate surface area is 185 Å². The van der Waals surface area contributed by atoms with Crippen LogP contribution in [0.15, 0.2) is 48.7 Å². The molecular weight excluding hydrogens is 391 g/mol. The van der Waals surface area contributed by atoms with Crippen molar-refractivity contribution in [1.82, 2.24) is 9.88 Å². The van der Waals surface area contributed by atoms with Crippen LogP contribution in [-0.4, -0.2) is 56.4 Å². The summed E-state index contributed by atoms with van der Waals surface area (Å²) in [6.07, 6.45) is 10.0. The molecule has 2 fully saturated rings. The quantitative estimate of drug-likeness (QED) is 0.660. The van der Waals surface area contributed by atoms with E-state index in [0.717, 1.165) is 36.1 Å². The number of rotatable bonds is 6. The summed E-state index contributed by atoms with van der Waals surface area (Å²) in [7, 11) is 7.95. The van der Waals surface area contributed by atoms with Crippen molar-refractivity contribution in [1.29, 1.82) is 0 Å². The average Bonchev–Trinajstić information content (AvgIpc) is 3.13. The van der Waals surface area contributed by atoms with Crippen LogP contribution in [0.3, 0.4) is 0 Å². The maximum Gasteiger partial charge on any atom is 0.123 e. The molecule has 2 aromatic rings. The van der Waals surface area contributed by atoms with Gasteiger partial charge in [-0.1, -0.05) is 24.3 Å². The summed E-state index contributed by atoms with van der Waals surface area (Å²) in [6.45, 7) is 0. The molecule has 1 aromatic heterocycles. The first-order valence-corrected chi connectivity index (χ1v) is 11.1. The molecule has 6 atom stereocenters. The van der Waals surface area contributed by atoms with E-state index in [1.807, 2.05) is 38.6 Å². The first kappa shape index (κ1) is 22.1. The summed E-state index contributed by atoms with van der Waals surface area (Å²) >= 11 is 0. The van der Waals surface area contributed by atoms with Gasteiger partial charge in [0.1, 0.15) is 5.82 Å². The third kappa shape index (κ3) is 4.74. The highest BCUT2D eigenvalue weighted by molar-refractivity contribution is 5.63. The summed E-state index contributed by atoms with van der Waals surface area (Å²) in [4.78, 5) is 6.89. The molecule has 2 aliphatic rings. The second-order valence-electron chi connectivity index (χ2n) is 9.13. The van der Waals surface area contributed by atoms with Crippen LogP contribution >= 0.6 is 0 Å². The first-order chi connectivity index (χ1) is 15.0. The number of fused-ring (bicyclic) bond motifs is 1. The Morgan fingerprint density at radius 1 is 1.00 bits per heavy atom. The number of aromatic nitrogens is 1. The normalized spacial score (nSPS) is 30.8. The Balaban J connectivity index is 1.50. The van der Waals surface area contributed by atoms with Gasteiger partial charge < -0.3 is 14.4 Å². The minimum Gasteiger partial charge on any atom is -0.381 e. The Morgan fingerprint density at radius 2 is 1.77 bits per heavy atom. The SMILES string of the molecule is CO[C@H]1C[C@@H]2C[C@H](OC)[C@@H](N(C)C)C[C@H]2[C@@H]1C=Cc1ccc(-c2cccc(F)c2)cn1. The summed E-state index contributed by atoms with van der Waals surface area (Å²) in [5, 5.41) is 0. The van der Waals surface area contributed by atoms with E-state index in [1.165, 1.54) is 12.1 Å². The van der Waals surface area contributed by atoms with Gasteiger partial charge in [0.2, 0.25) is 0 Å². The second-order valence-corrected chi connectivity index (χ2v) is 9.13. The molecule has 4 nitrogen and oxygen atoms in total. The fraction of sp³-hybridized carbons (Fsp3) is 0.500. The molecule has 2 saturated carbocycles. The Kier molecular flexibility index (Phi) is 6.85. The topological polar surface area (TPSA) is 34.6 Å². The number of halogens is 1. The zero-order valence-corrected chi connectivity index (χ0v) is 18.9. The smallest absolute Gasteiger partial charge is 0.123 e. The fourth-order valence-electron chi connectivity index (χ4n) is 5.60. The lowest BCUT2D eigenvalue weighted by atomic mass is 9.74. The van der Waals surface area contributed by atoms with Crippen LogP contribution in [0.2, 0.25) is 0 Å². The number of methoxy groups -OCH3 is 2. The van der Waals surface area contributed by atoms with Gasteiger partial charge in [0, 0.05) is 37.9 Å². The number of pyridine rings is 1. The molecule has 0 spiro atoms. The van der Waals surface area contributed by atoms with E-state index in [0.29, 0.717) is 23.8 Å². The Morgan fingerprint density at radius 3 is 2.42 bits per heavy atom. The molecule has 0 bridgehead atoms. The molecule has 1 aromatic carbocycles. The monoisotopic (exact) mass is 424 g/mol. The molecule has 4 rings (SSSR count). The third-order valence-corrected chi connectivity index (χ3v) is 7.24. The summed E-state index contributed by atoms with van der Waals surface area (Å²) in [5.41, 5.74) is 2.66. The van der Waals surface area contributed by atoms with Gasteiger partial charge in [0.15, 0.2) is 0 Å². The molecule has 0 N–H and O–H groups in total. The molecule has 31 heavy (non-hydrogen) atoms. The van der Waals surface area contributed by atoms with Crippen molar-refractivity contribution in [3.63, 3.8) is 0 Å². The van der Waals surface area contributed by atoms with Crippen LogP contribution in [-0.2, 0) is 9.47 Å². The van der Waals surface area contributed by atoms with Gasteiger partial charge in [0.25, 0.3) is 0 Å². The highest BCUT2D eigenvalue weighted by Gasteiger charge is 2.48. The number of hydrogen-bond acceptors (Lipinski definition) is 4. The van der Waals surface area contributed by atoms with Crippen molar-refractivity contribution in [2.75, 3.05) is 28.3 Å². The average molecular weight is 425 g/mol. The van der Waals surface area contributed by atoms with Crippen LogP contribution in [0.25, 0.3) is 17.2 Å². The maximum atomic E-state index is 13.5. The van der Waals surface area contributed by atoms with E-state index < -0.39 is 0 Å². The lowest BCUT2D eigenvalue weighted by Gasteiger charge is -2.42. The molecule has 166 valence electrons. The number of likely N-dealkylation sites (N-methyl/N-ethyl adjacent to an activating group) is 1. The van der Waals surface area contributed by atoms with Crippen molar-refractivity contribution < 1.29 is 13.9 Å². The van der Waals surface area contributed by atoms with E-state index in [1.54, 1.807) is 6.07 Å². The van der Waals surface area contributed by atoms with Crippen LogP contribution in [0.5, 0.6) is 0 Å². The minimum atomic E-state index is -0.234. The molecule has 5 heteroatoms. The van der Waals surface area contributed by atoms with Crippen molar-refractivity contribution in [2.24, 2.45) is 17.8 Å². The van der Waals surface area contributed by atoms with Crippen LogP contribution in [0.4, 0.5) is 4.39 Å². The second kappa shape index (κ2) is 9.60. The molecule has 0 unspecified atom stereocenters. The molecule has 0 amide bonds. The van der Waals surface area contributed by atoms with Crippen molar-refractivity contribution >= 4 is 6.08 Å². The lowest BCUT2D eigenvalue weighted by molar-refractivity contribution is -0.0282. The van der Waals surface area contributed by atoms with Gasteiger partial charge >= 0.3 is 0 Å². The van der Waals surface area contributed by atoms with E-state index in [-0.39, 0.29) is 18.0 Å².